The maximum atomic E-state index is 13.2. The van der Waals surface area contributed by atoms with Crippen molar-refractivity contribution in [3.05, 3.63) is 92.2 Å². The Morgan fingerprint density at radius 2 is 1.81 bits per heavy atom. The van der Waals surface area contributed by atoms with Gasteiger partial charge in [0, 0.05) is 4.88 Å². The average molecular weight is 358 g/mol. The van der Waals surface area contributed by atoms with E-state index < -0.39 is 0 Å². The number of hydrogen-bond acceptors (Lipinski definition) is 3. The first-order chi connectivity index (χ1) is 12.6. The molecule has 0 saturated heterocycles. The minimum Gasteiger partial charge on any atom is -0.268 e. The molecule has 0 amide bonds. The van der Waals surface area contributed by atoms with E-state index in [-0.39, 0.29) is 5.56 Å². The molecule has 0 aliphatic carbocycles. The van der Waals surface area contributed by atoms with Crippen LogP contribution in [-0.4, -0.2) is 9.55 Å². The van der Waals surface area contributed by atoms with E-state index in [9.17, 15) is 4.79 Å². The van der Waals surface area contributed by atoms with E-state index >= 15 is 0 Å². The third kappa shape index (κ3) is 3.00. The van der Waals surface area contributed by atoms with Crippen molar-refractivity contribution < 1.29 is 0 Å². The van der Waals surface area contributed by atoms with Gasteiger partial charge in [0.2, 0.25) is 0 Å². The molecule has 0 saturated carbocycles. The van der Waals surface area contributed by atoms with Crippen molar-refractivity contribution >= 4 is 34.4 Å². The Kier molecular flexibility index (Phi) is 4.27. The molecule has 128 valence electrons. The van der Waals surface area contributed by atoms with Crippen LogP contribution in [0.25, 0.3) is 28.7 Å². The standard InChI is InChI=1S/C22H18N2OS/c1-15-9-10-17(14-16(15)2)24-21(12-11-18-6-5-13-26-18)23-20-8-4-3-7-19(20)22(24)25/h3-14H,1-2H3. The summed E-state index contributed by atoms with van der Waals surface area (Å²) >= 11 is 1.65. The van der Waals surface area contributed by atoms with Gasteiger partial charge in [-0.2, -0.15) is 0 Å². The maximum absolute atomic E-state index is 13.2. The first kappa shape index (κ1) is 16.5. The molecule has 0 aliphatic rings. The molecule has 26 heavy (non-hydrogen) atoms. The van der Waals surface area contributed by atoms with Gasteiger partial charge in [-0.05, 0) is 72.8 Å². The van der Waals surface area contributed by atoms with Crippen LogP contribution >= 0.6 is 11.3 Å². The van der Waals surface area contributed by atoms with Crippen molar-refractivity contribution in [2.24, 2.45) is 0 Å². The van der Waals surface area contributed by atoms with Crippen LogP contribution < -0.4 is 5.56 Å². The number of fused-ring (bicyclic) bond motifs is 1. The number of rotatable bonds is 3. The molecule has 4 rings (SSSR count). The topological polar surface area (TPSA) is 34.9 Å². The monoisotopic (exact) mass is 358 g/mol. The second-order valence-electron chi connectivity index (χ2n) is 6.25. The van der Waals surface area contributed by atoms with Crippen LogP contribution in [0.15, 0.2) is 64.8 Å². The van der Waals surface area contributed by atoms with Crippen molar-refractivity contribution in [3.8, 4) is 5.69 Å². The van der Waals surface area contributed by atoms with Gasteiger partial charge < -0.3 is 0 Å². The molecule has 3 nitrogen and oxygen atoms in total. The number of aryl methyl sites for hydroxylation is 2. The fourth-order valence-corrected chi connectivity index (χ4v) is 3.54. The first-order valence-corrected chi connectivity index (χ1v) is 9.32. The minimum absolute atomic E-state index is 0.0512. The molecule has 2 aromatic heterocycles. The van der Waals surface area contributed by atoms with Gasteiger partial charge in [0.15, 0.2) is 0 Å². The number of aromatic nitrogens is 2. The zero-order valence-electron chi connectivity index (χ0n) is 14.6. The lowest BCUT2D eigenvalue weighted by Crippen LogP contribution is -2.22. The lowest BCUT2D eigenvalue weighted by molar-refractivity contribution is 0.941. The molecule has 0 radical (unpaired) electrons. The second-order valence-corrected chi connectivity index (χ2v) is 7.22. The summed E-state index contributed by atoms with van der Waals surface area (Å²) in [4.78, 5) is 19.1. The fraction of sp³-hybridized carbons (Fsp3) is 0.0909. The molecule has 2 aromatic carbocycles. The molecule has 2 heterocycles. The summed E-state index contributed by atoms with van der Waals surface area (Å²) in [7, 11) is 0. The number of para-hydroxylation sites is 1. The van der Waals surface area contributed by atoms with Crippen LogP contribution in [0.1, 0.15) is 21.8 Å². The molecule has 4 heteroatoms. The number of benzene rings is 2. The number of thiophene rings is 1. The largest absolute Gasteiger partial charge is 0.268 e. The minimum atomic E-state index is -0.0512. The summed E-state index contributed by atoms with van der Waals surface area (Å²) in [5.74, 6) is 0.630. The molecule has 0 atom stereocenters. The van der Waals surface area contributed by atoms with Gasteiger partial charge >= 0.3 is 0 Å². The molecular weight excluding hydrogens is 340 g/mol. The SMILES string of the molecule is Cc1ccc(-n2c(C=Cc3cccs3)nc3ccccc3c2=O)cc1C. The normalized spacial score (nSPS) is 11.5. The summed E-state index contributed by atoms with van der Waals surface area (Å²) in [6.45, 7) is 4.12. The van der Waals surface area contributed by atoms with Crippen LogP contribution in [0.5, 0.6) is 0 Å². The highest BCUT2D eigenvalue weighted by Gasteiger charge is 2.11. The summed E-state index contributed by atoms with van der Waals surface area (Å²) < 4.78 is 1.69. The lowest BCUT2D eigenvalue weighted by atomic mass is 10.1. The predicted octanol–water partition coefficient (Wildman–Crippen LogP) is 5.23. The van der Waals surface area contributed by atoms with E-state index in [2.05, 4.69) is 13.8 Å². The Labute approximate surface area is 155 Å². The Morgan fingerprint density at radius 1 is 0.962 bits per heavy atom. The Hall–Kier alpha value is -2.98. The maximum Gasteiger partial charge on any atom is 0.266 e. The van der Waals surface area contributed by atoms with Crippen molar-refractivity contribution in [2.75, 3.05) is 0 Å². The highest BCUT2D eigenvalue weighted by Crippen LogP contribution is 2.19. The van der Waals surface area contributed by atoms with Gasteiger partial charge in [-0.25, -0.2) is 4.98 Å². The van der Waals surface area contributed by atoms with E-state index in [1.165, 1.54) is 5.56 Å². The van der Waals surface area contributed by atoms with Crippen molar-refractivity contribution in [1.29, 1.82) is 0 Å². The van der Waals surface area contributed by atoms with Gasteiger partial charge in [0.1, 0.15) is 5.82 Å². The number of nitrogens with zero attached hydrogens (tertiary/aromatic N) is 2. The van der Waals surface area contributed by atoms with E-state index in [1.54, 1.807) is 15.9 Å². The Balaban J connectivity index is 1.99. The third-order valence-electron chi connectivity index (χ3n) is 4.49. The molecule has 0 aliphatic heterocycles. The molecular formula is C22H18N2OS. The zero-order chi connectivity index (χ0) is 18.1. The smallest absolute Gasteiger partial charge is 0.266 e. The van der Waals surface area contributed by atoms with Crippen LogP contribution in [-0.2, 0) is 0 Å². The van der Waals surface area contributed by atoms with Crippen LogP contribution in [0, 0.1) is 13.8 Å². The highest BCUT2D eigenvalue weighted by atomic mass is 32.1. The van der Waals surface area contributed by atoms with Crippen LogP contribution in [0.2, 0.25) is 0 Å². The Bertz CT molecular complexity index is 1170. The van der Waals surface area contributed by atoms with Crippen LogP contribution in [0.4, 0.5) is 0 Å². The third-order valence-corrected chi connectivity index (χ3v) is 5.33. The van der Waals surface area contributed by atoms with Crippen molar-refractivity contribution in [1.82, 2.24) is 9.55 Å². The summed E-state index contributed by atoms with van der Waals surface area (Å²) in [5, 5.41) is 2.66. The van der Waals surface area contributed by atoms with Crippen LogP contribution in [0.3, 0.4) is 0 Å². The van der Waals surface area contributed by atoms with E-state index in [4.69, 9.17) is 4.98 Å². The Morgan fingerprint density at radius 3 is 2.58 bits per heavy atom. The van der Waals surface area contributed by atoms with Crippen molar-refractivity contribution in [2.45, 2.75) is 13.8 Å². The van der Waals surface area contributed by atoms with Gasteiger partial charge in [-0.15, -0.1) is 11.3 Å². The van der Waals surface area contributed by atoms with E-state index in [0.29, 0.717) is 16.7 Å². The van der Waals surface area contributed by atoms with Gasteiger partial charge in [-0.3, -0.25) is 9.36 Å². The van der Waals surface area contributed by atoms with Gasteiger partial charge in [-0.1, -0.05) is 24.3 Å². The zero-order valence-corrected chi connectivity index (χ0v) is 15.5. The predicted molar refractivity (Wildman–Crippen MR) is 110 cm³/mol. The lowest BCUT2D eigenvalue weighted by Gasteiger charge is -2.13. The second kappa shape index (κ2) is 6.73. The number of hydrogen-bond donors (Lipinski definition) is 0. The van der Waals surface area contributed by atoms with Gasteiger partial charge in [0.25, 0.3) is 5.56 Å². The van der Waals surface area contributed by atoms with Crippen molar-refractivity contribution in [3.63, 3.8) is 0 Å². The average Bonchev–Trinajstić information content (AvgIpc) is 3.16. The quantitative estimate of drug-likeness (QED) is 0.502. The molecule has 4 aromatic rings. The molecule has 0 unspecified atom stereocenters. The molecule has 0 spiro atoms. The van der Waals surface area contributed by atoms with E-state index in [0.717, 1.165) is 16.1 Å². The first-order valence-electron chi connectivity index (χ1n) is 8.44. The molecule has 0 N–H and O–H groups in total. The summed E-state index contributed by atoms with van der Waals surface area (Å²) in [5.41, 5.74) is 3.84. The van der Waals surface area contributed by atoms with Gasteiger partial charge in [0.05, 0.1) is 16.6 Å². The summed E-state index contributed by atoms with van der Waals surface area (Å²) in [6.07, 6.45) is 3.91. The molecule has 0 fully saturated rings. The highest BCUT2D eigenvalue weighted by molar-refractivity contribution is 7.10. The molecule has 0 bridgehead atoms. The van der Waals surface area contributed by atoms with E-state index in [1.807, 2.05) is 72.1 Å². The fourth-order valence-electron chi connectivity index (χ4n) is 2.92. The summed E-state index contributed by atoms with van der Waals surface area (Å²) in [6, 6.07) is 17.6.